The molecule has 1 rings (SSSR count). The molecule has 0 amide bonds. The standard InChI is InChI=1S/C14H22OS/c1-4-7-15-14-6-5-13(12(3)9-14)8-11(2)10-16/h5-6,9,11,16H,4,7-8,10H2,1-3H3. The fourth-order valence-corrected chi connectivity index (χ4v) is 1.78. The molecular weight excluding hydrogens is 216 g/mol. The summed E-state index contributed by atoms with van der Waals surface area (Å²) in [7, 11) is 0. The van der Waals surface area contributed by atoms with Crippen molar-refractivity contribution in [2.45, 2.75) is 33.6 Å². The Labute approximate surface area is 105 Å². The van der Waals surface area contributed by atoms with Crippen LogP contribution in [0.4, 0.5) is 0 Å². The highest BCUT2D eigenvalue weighted by Gasteiger charge is 2.05. The van der Waals surface area contributed by atoms with Crippen LogP contribution in [0.2, 0.25) is 0 Å². The molecule has 0 spiro atoms. The van der Waals surface area contributed by atoms with Gasteiger partial charge in [0.25, 0.3) is 0 Å². The van der Waals surface area contributed by atoms with Gasteiger partial charge in [-0.15, -0.1) is 0 Å². The van der Waals surface area contributed by atoms with Gasteiger partial charge in [0.2, 0.25) is 0 Å². The predicted octanol–water partition coefficient (Wildman–Crippen LogP) is 3.89. The molecule has 1 atom stereocenters. The Morgan fingerprint density at radius 3 is 2.69 bits per heavy atom. The van der Waals surface area contributed by atoms with Gasteiger partial charge in [-0.25, -0.2) is 0 Å². The Morgan fingerprint density at radius 2 is 2.12 bits per heavy atom. The monoisotopic (exact) mass is 238 g/mol. The fourth-order valence-electron chi connectivity index (χ4n) is 1.65. The molecule has 0 radical (unpaired) electrons. The van der Waals surface area contributed by atoms with E-state index >= 15 is 0 Å². The SMILES string of the molecule is CCCOc1ccc(CC(C)CS)c(C)c1. The highest BCUT2D eigenvalue weighted by atomic mass is 32.1. The molecule has 0 aliphatic heterocycles. The number of ether oxygens (including phenoxy) is 1. The molecule has 16 heavy (non-hydrogen) atoms. The van der Waals surface area contributed by atoms with E-state index in [4.69, 9.17) is 4.74 Å². The van der Waals surface area contributed by atoms with Crippen molar-refractivity contribution in [3.63, 3.8) is 0 Å². The van der Waals surface area contributed by atoms with Crippen LogP contribution in [-0.4, -0.2) is 12.4 Å². The van der Waals surface area contributed by atoms with Gasteiger partial charge < -0.3 is 4.74 Å². The Morgan fingerprint density at radius 1 is 1.38 bits per heavy atom. The minimum absolute atomic E-state index is 0.629. The number of benzene rings is 1. The van der Waals surface area contributed by atoms with Gasteiger partial charge >= 0.3 is 0 Å². The summed E-state index contributed by atoms with van der Waals surface area (Å²) in [5.41, 5.74) is 2.73. The number of hydrogen-bond donors (Lipinski definition) is 1. The van der Waals surface area contributed by atoms with E-state index in [2.05, 4.69) is 51.6 Å². The molecule has 2 heteroatoms. The second kappa shape index (κ2) is 6.85. The molecule has 1 aromatic carbocycles. The highest BCUT2D eigenvalue weighted by molar-refractivity contribution is 7.80. The van der Waals surface area contributed by atoms with Crippen molar-refractivity contribution in [3.05, 3.63) is 29.3 Å². The van der Waals surface area contributed by atoms with Crippen molar-refractivity contribution < 1.29 is 4.74 Å². The van der Waals surface area contributed by atoms with Crippen LogP contribution in [0.25, 0.3) is 0 Å². The Kier molecular flexibility index (Phi) is 5.75. The summed E-state index contributed by atoms with van der Waals surface area (Å²) in [6.07, 6.45) is 2.15. The Hall–Kier alpha value is -0.630. The first-order chi connectivity index (χ1) is 7.67. The normalized spacial score (nSPS) is 12.5. The van der Waals surface area contributed by atoms with Gasteiger partial charge in [-0.3, -0.25) is 0 Å². The van der Waals surface area contributed by atoms with Crippen molar-refractivity contribution in [3.8, 4) is 5.75 Å². The molecule has 0 saturated heterocycles. The summed E-state index contributed by atoms with van der Waals surface area (Å²) in [4.78, 5) is 0. The van der Waals surface area contributed by atoms with Crippen molar-refractivity contribution in [2.24, 2.45) is 5.92 Å². The van der Waals surface area contributed by atoms with Crippen LogP contribution < -0.4 is 4.74 Å². The van der Waals surface area contributed by atoms with Crippen LogP contribution in [-0.2, 0) is 6.42 Å². The van der Waals surface area contributed by atoms with E-state index in [0.717, 1.165) is 31.0 Å². The lowest BCUT2D eigenvalue weighted by molar-refractivity contribution is 0.317. The van der Waals surface area contributed by atoms with Gasteiger partial charge in [-0.2, -0.15) is 12.6 Å². The molecule has 0 fully saturated rings. The molecule has 0 aliphatic rings. The zero-order valence-corrected chi connectivity index (χ0v) is 11.4. The first-order valence-corrected chi connectivity index (χ1v) is 6.63. The summed E-state index contributed by atoms with van der Waals surface area (Å²) in [6, 6.07) is 6.39. The minimum Gasteiger partial charge on any atom is -0.494 e. The van der Waals surface area contributed by atoms with E-state index in [9.17, 15) is 0 Å². The van der Waals surface area contributed by atoms with Crippen molar-refractivity contribution in [1.29, 1.82) is 0 Å². The lowest BCUT2D eigenvalue weighted by Gasteiger charge is -2.12. The van der Waals surface area contributed by atoms with Crippen LogP contribution >= 0.6 is 12.6 Å². The quantitative estimate of drug-likeness (QED) is 0.740. The predicted molar refractivity (Wildman–Crippen MR) is 73.7 cm³/mol. The average Bonchev–Trinajstić information content (AvgIpc) is 2.29. The third kappa shape index (κ3) is 4.09. The number of rotatable bonds is 6. The first kappa shape index (κ1) is 13.4. The van der Waals surface area contributed by atoms with Gasteiger partial charge in [-0.05, 0) is 54.7 Å². The van der Waals surface area contributed by atoms with Crippen LogP contribution in [0.3, 0.4) is 0 Å². The topological polar surface area (TPSA) is 9.23 Å². The largest absolute Gasteiger partial charge is 0.494 e. The maximum Gasteiger partial charge on any atom is 0.119 e. The van der Waals surface area contributed by atoms with Gasteiger partial charge in [0.05, 0.1) is 6.61 Å². The molecule has 0 aliphatic carbocycles. The van der Waals surface area contributed by atoms with E-state index in [1.54, 1.807) is 0 Å². The number of hydrogen-bond acceptors (Lipinski definition) is 2. The minimum atomic E-state index is 0.629. The molecule has 1 aromatic rings. The average molecular weight is 238 g/mol. The molecule has 0 saturated carbocycles. The zero-order chi connectivity index (χ0) is 12.0. The van der Waals surface area contributed by atoms with E-state index < -0.39 is 0 Å². The van der Waals surface area contributed by atoms with E-state index in [0.29, 0.717) is 5.92 Å². The van der Waals surface area contributed by atoms with Crippen LogP contribution in [0.5, 0.6) is 5.75 Å². The molecule has 0 bridgehead atoms. The lowest BCUT2D eigenvalue weighted by atomic mass is 9.98. The molecule has 1 unspecified atom stereocenters. The van der Waals surface area contributed by atoms with Crippen LogP contribution in [0, 0.1) is 12.8 Å². The highest BCUT2D eigenvalue weighted by Crippen LogP contribution is 2.20. The van der Waals surface area contributed by atoms with Gasteiger partial charge in [-0.1, -0.05) is 19.9 Å². The van der Waals surface area contributed by atoms with E-state index in [1.165, 1.54) is 11.1 Å². The molecule has 0 heterocycles. The molecule has 0 aromatic heterocycles. The second-order valence-electron chi connectivity index (χ2n) is 4.43. The smallest absolute Gasteiger partial charge is 0.119 e. The molecule has 90 valence electrons. The van der Waals surface area contributed by atoms with Gasteiger partial charge in [0.15, 0.2) is 0 Å². The zero-order valence-electron chi connectivity index (χ0n) is 10.5. The van der Waals surface area contributed by atoms with Crippen LogP contribution in [0.1, 0.15) is 31.4 Å². The molecular formula is C14H22OS. The maximum absolute atomic E-state index is 5.61. The molecule has 1 nitrogen and oxygen atoms in total. The molecule has 0 N–H and O–H groups in total. The summed E-state index contributed by atoms with van der Waals surface area (Å²) < 4.78 is 5.61. The first-order valence-electron chi connectivity index (χ1n) is 6.00. The summed E-state index contributed by atoms with van der Waals surface area (Å²) in [5.74, 6) is 2.55. The third-order valence-electron chi connectivity index (χ3n) is 2.67. The maximum atomic E-state index is 5.61. The fraction of sp³-hybridized carbons (Fsp3) is 0.571. The summed E-state index contributed by atoms with van der Waals surface area (Å²) in [5, 5.41) is 0. The lowest BCUT2D eigenvalue weighted by Crippen LogP contribution is -2.03. The number of thiol groups is 1. The van der Waals surface area contributed by atoms with Crippen molar-refractivity contribution in [2.75, 3.05) is 12.4 Å². The van der Waals surface area contributed by atoms with E-state index in [-0.39, 0.29) is 0 Å². The van der Waals surface area contributed by atoms with E-state index in [1.807, 2.05) is 0 Å². The van der Waals surface area contributed by atoms with Crippen LogP contribution in [0.15, 0.2) is 18.2 Å². The summed E-state index contributed by atoms with van der Waals surface area (Å²) in [6.45, 7) is 7.30. The third-order valence-corrected chi connectivity index (χ3v) is 3.29. The Balaban J connectivity index is 2.67. The van der Waals surface area contributed by atoms with Crippen molar-refractivity contribution in [1.82, 2.24) is 0 Å². The van der Waals surface area contributed by atoms with Gasteiger partial charge in [0, 0.05) is 0 Å². The Bertz CT molecular complexity index is 323. The van der Waals surface area contributed by atoms with Gasteiger partial charge in [0.1, 0.15) is 5.75 Å². The number of aryl methyl sites for hydroxylation is 1. The second-order valence-corrected chi connectivity index (χ2v) is 4.79. The van der Waals surface area contributed by atoms with Crippen molar-refractivity contribution >= 4 is 12.6 Å². The summed E-state index contributed by atoms with van der Waals surface area (Å²) >= 11 is 4.32.